The van der Waals surface area contributed by atoms with Gasteiger partial charge in [-0.05, 0) is 36.8 Å². The number of hydrogen-bond donors (Lipinski definition) is 3. The molecule has 2 amide bonds. The van der Waals surface area contributed by atoms with Crippen LogP contribution in [0.15, 0.2) is 46.3 Å². The van der Waals surface area contributed by atoms with E-state index in [2.05, 4.69) is 20.4 Å². The molecule has 0 saturated carbocycles. The first-order valence-corrected chi connectivity index (χ1v) is 10.7. The maximum Gasteiger partial charge on any atom is 0.413 e. The number of anilines is 1. The van der Waals surface area contributed by atoms with Crippen LogP contribution in [0.3, 0.4) is 0 Å². The summed E-state index contributed by atoms with van der Waals surface area (Å²) in [6, 6.07) is 8.03. The number of carbonyl (C=O) groups excluding carboxylic acids is 2. The molecule has 0 atom stereocenters. The Bertz CT molecular complexity index is 1150. The highest BCUT2D eigenvalue weighted by Crippen LogP contribution is 2.30. The molecule has 0 unspecified atom stereocenters. The Kier molecular flexibility index (Phi) is 8.41. The lowest BCUT2D eigenvalue weighted by atomic mass is 10.2. The summed E-state index contributed by atoms with van der Waals surface area (Å²) in [5.74, 6) is -0.917. The van der Waals surface area contributed by atoms with Crippen molar-refractivity contribution in [3.05, 3.63) is 47.0 Å². The van der Waals surface area contributed by atoms with Crippen LogP contribution >= 0.6 is 11.6 Å². The van der Waals surface area contributed by atoms with Gasteiger partial charge in [-0.15, -0.1) is 0 Å². The Hall–Kier alpha value is -3.35. The number of nitrogens with zero attached hydrogens (tertiary/aromatic N) is 1. The van der Waals surface area contributed by atoms with E-state index in [1.807, 2.05) is 0 Å². The minimum atomic E-state index is -4.30. The molecule has 0 aromatic heterocycles. The standard InChI is InChI=1S/C19H21ClN4O7S/c1-11-4-5-12(8-14(11)20)31-32(27,28)13-6-7-15(22-17(25)10-29-2)16(9-13)23-18(21)24-19(26)30-3/h4-9H,10H2,1-3H3,(H,22,25)(H3,21,23,24,26). The van der Waals surface area contributed by atoms with Crippen LogP contribution in [-0.2, 0) is 24.4 Å². The van der Waals surface area contributed by atoms with Crippen LogP contribution in [0.5, 0.6) is 5.75 Å². The van der Waals surface area contributed by atoms with Crippen molar-refractivity contribution in [1.82, 2.24) is 5.32 Å². The van der Waals surface area contributed by atoms with Gasteiger partial charge in [-0.2, -0.15) is 8.42 Å². The van der Waals surface area contributed by atoms with Crippen molar-refractivity contribution in [3.63, 3.8) is 0 Å². The number of hydrogen-bond acceptors (Lipinski definition) is 8. The van der Waals surface area contributed by atoms with E-state index in [1.54, 1.807) is 13.0 Å². The summed E-state index contributed by atoms with van der Waals surface area (Å²) >= 11 is 6.02. The maximum atomic E-state index is 12.8. The van der Waals surface area contributed by atoms with Crippen LogP contribution in [-0.4, -0.2) is 47.2 Å². The number of carbonyl (C=O) groups is 2. The number of aliphatic imine (C=N–C) groups is 1. The number of nitrogens with two attached hydrogens (primary N) is 1. The summed E-state index contributed by atoms with van der Waals surface area (Å²) in [4.78, 5) is 26.9. The first kappa shape index (κ1) is 24.9. The number of amides is 2. The molecule has 0 spiro atoms. The first-order valence-electron chi connectivity index (χ1n) is 8.88. The minimum absolute atomic E-state index is 0.00926. The average molecular weight is 485 g/mol. The van der Waals surface area contributed by atoms with E-state index in [0.29, 0.717) is 5.02 Å². The van der Waals surface area contributed by atoms with Crippen LogP contribution < -0.4 is 20.6 Å². The molecule has 11 nitrogen and oxygen atoms in total. The zero-order valence-electron chi connectivity index (χ0n) is 17.3. The third kappa shape index (κ3) is 6.83. The number of benzene rings is 2. The van der Waals surface area contributed by atoms with Gasteiger partial charge in [-0.25, -0.2) is 9.79 Å². The molecule has 0 aliphatic carbocycles. The van der Waals surface area contributed by atoms with Crippen LogP contribution in [0.25, 0.3) is 0 Å². The summed E-state index contributed by atoms with van der Waals surface area (Å²) in [6.45, 7) is 1.50. The Morgan fingerprint density at radius 3 is 2.50 bits per heavy atom. The van der Waals surface area contributed by atoms with Crippen molar-refractivity contribution in [2.45, 2.75) is 11.8 Å². The number of alkyl carbamates (subject to hydrolysis) is 1. The normalized spacial score (nSPS) is 11.6. The Morgan fingerprint density at radius 2 is 1.88 bits per heavy atom. The molecule has 2 rings (SSSR count). The fraction of sp³-hybridized carbons (Fsp3) is 0.211. The van der Waals surface area contributed by atoms with Crippen molar-refractivity contribution in [2.75, 3.05) is 26.1 Å². The fourth-order valence-corrected chi connectivity index (χ4v) is 3.41. The predicted octanol–water partition coefficient (Wildman–Crippen LogP) is 2.30. The number of nitrogens with one attached hydrogen (secondary N) is 2. The molecule has 0 bridgehead atoms. The molecule has 0 aliphatic heterocycles. The van der Waals surface area contributed by atoms with Gasteiger partial charge >= 0.3 is 16.2 Å². The van der Waals surface area contributed by atoms with Gasteiger partial charge in [-0.1, -0.05) is 17.7 Å². The fourth-order valence-electron chi connectivity index (χ4n) is 2.30. The van der Waals surface area contributed by atoms with Crippen molar-refractivity contribution in [2.24, 2.45) is 10.7 Å². The lowest BCUT2D eigenvalue weighted by Gasteiger charge is -2.12. The molecule has 13 heteroatoms. The molecule has 0 heterocycles. The van der Waals surface area contributed by atoms with Crippen molar-refractivity contribution >= 4 is 51.1 Å². The molecule has 0 saturated heterocycles. The second-order valence-electron chi connectivity index (χ2n) is 6.22. The minimum Gasteiger partial charge on any atom is -0.453 e. The van der Waals surface area contributed by atoms with E-state index in [-0.39, 0.29) is 28.6 Å². The number of guanidine groups is 1. The molecule has 0 radical (unpaired) electrons. The highest BCUT2D eigenvalue weighted by Gasteiger charge is 2.20. The summed E-state index contributed by atoms with van der Waals surface area (Å²) in [5, 5.41) is 4.96. The first-order chi connectivity index (χ1) is 15.1. The highest BCUT2D eigenvalue weighted by molar-refractivity contribution is 7.87. The van der Waals surface area contributed by atoms with E-state index in [4.69, 9.17) is 26.3 Å². The second kappa shape index (κ2) is 10.8. The maximum absolute atomic E-state index is 12.8. The van der Waals surface area contributed by atoms with Gasteiger partial charge in [0, 0.05) is 18.2 Å². The summed E-state index contributed by atoms with van der Waals surface area (Å²) < 4.78 is 39.8. The van der Waals surface area contributed by atoms with Gasteiger partial charge in [-0.3, -0.25) is 10.1 Å². The van der Waals surface area contributed by atoms with Crippen molar-refractivity contribution < 1.29 is 31.7 Å². The van der Waals surface area contributed by atoms with Crippen LogP contribution in [0.2, 0.25) is 5.02 Å². The Morgan fingerprint density at radius 1 is 1.16 bits per heavy atom. The SMILES string of the molecule is COCC(=O)Nc1ccc(S(=O)(=O)Oc2ccc(C)c(Cl)c2)cc1N=C(N)NC(=O)OC. The molecule has 4 N–H and O–H groups in total. The van der Waals surface area contributed by atoms with Gasteiger partial charge in [0.1, 0.15) is 17.3 Å². The number of rotatable bonds is 7. The van der Waals surface area contributed by atoms with Crippen LogP contribution in [0.1, 0.15) is 5.56 Å². The van der Waals surface area contributed by atoms with Gasteiger partial charge in [0.05, 0.1) is 18.5 Å². The van der Waals surface area contributed by atoms with E-state index < -0.39 is 28.1 Å². The topological polar surface area (TPSA) is 158 Å². The highest BCUT2D eigenvalue weighted by atomic mass is 35.5. The monoisotopic (exact) mass is 484 g/mol. The molecule has 2 aromatic rings. The Balaban J connectivity index is 2.44. The number of aryl methyl sites for hydroxylation is 1. The van der Waals surface area contributed by atoms with Crippen LogP contribution in [0, 0.1) is 6.92 Å². The van der Waals surface area contributed by atoms with E-state index in [9.17, 15) is 18.0 Å². The zero-order chi connectivity index (χ0) is 23.9. The van der Waals surface area contributed by atoms with Gasteiger partial charge in [0.15, 0.2) is 0 Å². The van der Waals surface area contributed by atoms with Gasteiger partial charge < -0.3 is 24.7 Å². The molecule has 32 heavy (non-hydrogen) atoms. The summed E-state index contributed by atoms with van der Waals surface area (Å²) in [6.07, 6.45) is -0.889. The zero-order valence-corrected chi connectivity index (χ0v) is 18.9. The lowest BCUT2D eigenvalue weighted by molar-refractivity contribution is -0.119. The van der Waals surface area contributed by atoms with E-state index >= 15 is 0 Å². The molecular weight excluding hydrogens is 464 g/mol. The summed E-state index contributed by atoms with van der Waals surface area (Å²) in [5.41, 5.74) is 6.44. The number of ether oxygens (including phenoxy) is 2. The van der Waals surface area contributed by atoms with E-state index in [1.165, 1.54) is 31.4 Å². The number of methoxy groups -OCH3 is 2. The average Bonchev–Trinajstić information content (AvgIpc) is 2.71. The molecule has 0 fully saturated rings. The van der Waals surface area contributed by atoms with Crippen molar-refractivity contribution in [3.8, 4) is 5.75 Å². The smallest absolute Gasteiger partial charge is 0.413 e. The summed E-state index contributed by atoms with van der Waals surface area (Å²) in [7, 11) is -1.84. The molecule has 172 valence electrons. The van der Waals surface area contributed by atoms with E-state index in [0.717, 1.165) is 18.7 Å². The molecular formula is C19H21ClN4O7S. The van der Waals surface area contributed by atoms with Crippen molar-refractivity contribution in [1.29, 1.82) is 0 Å². The quantitative estimate of drug-likeness (QED) is 0.306. The third-order valence-corrected chi connectivity index (χ3v) is 5.46. The number of halogens is 1. The molecule has 0 aliphatic rings. The largest absolute Gasteiger partial charge is 0.453 e. The second-order valence-corrected chi connectivity index (χ2v) is 8.18. The van der Waals surface area contributed by atoms with Gasteiger partial charge in [0.2, 0.25) is 11.9 Å². The Labute approximate surface area is 189 Å². The van der Waals surface area contributed by atoms with Gasteiger partial charge in [0.25, 0.3) is 0 Å². The lowest BCUT2D eigenvalue weighted by Crippen LogP contribution is -2.36. The predicted molar refractivity (Wildman–Crippen MR) is 118 cm³/mol. The van der Waals surface area contributed by atoms with Crippen LogP contribution in [0.4, 0.5) is 16.2 Å². The molecule has 2 aromatic carbocycles. The third-order valence-electron chi connectivity index (χ3n) is 3.81.